The summed E-state index contributed by atoms with van der Waals surface area (Å²) in [5.41, 5.74) is 7.80. The second-order valence-electron chi connectivity index (χ2n) is 8.62. The largest absolute Gasteiger partial charge is 0.474 e. The van der Waals surface area contributed by atoms with Crippen molar-refractivity contribution in [1.82, 2.24) is 19.9 Å². The highest BCUT2D eigenvalue weighted by Gasteiger charge is 2.24. The Morgan fingerprint density at radius 3 is 3.00 bits per heavy atom. The lowest BCUT2D eigenvalue weighted by Gasteiger charge is -2.32. The van der Waals surface area contributed by atoms with Gasteiger partial charge in [-0.2, -0.15) is 0 Å². The van der Waals surface area contributed by atoms with Crippen LogP contribution in [0.1, 0.15) is 22.4 Å². The minimum Gasteiger partial charge on any atom is -0.474 e. The smallest absolute Gasteiger partial charge is 0.237 e. The highest BCUT2D eigenvalue weighted by molar-refractivity contribution is 5.70. The Hall–Kier alpha value is -3.39. The van der Waals surface area contributed by atoms with E-state index in [0.717, 1.165) is 55.4 Å². The first kappa shape index (κ1) is 20.5. The van der Waals surface area contributed by atoms with Gasteiger partial charge < -0.3 is 25.2 Å². The molecular formula is C24H29N7O. The number of nitrogens with one attached hydrogen (secondary N) is 2. The molecule has 1 aromatic carbocycles. The Morgan fingerprint density at radius 1 is 1.22 bits per heavy atom. The van der Waals surface area contributed by atoms with Crippen LogP contribution >= 0.6 is 0 Å². The minimum atomic E-state index is 0.628. The lowest BCUT2D eigenvalue weighted by atomic mass is 10.0. The average Bonchev–Trinajstić information content (AvgIpc) is 2.79. The van der Waals surface area contributed by atoms with E-state index in [4.69, 9.17) is 9.72 Å². The number of benzene rings is 1. The van der Waals surface area contributed by atoms with Crippen LogP contribution in [0.2, 0.25) is 0 Å². The zero-order valence-electron chi connectivity index (χ0n) is 18.9. The SMILES string of the molecule is Cc1c(N2CCc3cnc(Nc4cccc(CN(C)C)c4)nc3C2)cnc2c1NCCO2. The Bertz CT molecular complexity index is 1130. The van der Waals surface area contributed by atoms with E-state index < -0.39 is 0 Å². The van der Waals surface area contributed by atoms with E-state index >= 15 is 0 Å². The van der Waals surface area contributed by atoms with E-state index in [1.54, 1.807) is 0 Å². The molecule has 166 valence electrons. The summed E-state index contributed by atoms with van der Waals surface area (Å²) in [4.78, 5) is 18.5. The Labute approximate surface area is 188 Å². The van der Waals surface area contributed by atoms with Crippen LogP contribution in [0.25, 0.3) is 0 Å². The molecule has 0 fully saturated rings. The van der Waals surface area contributed by atoms with Gasteiger partial charge in [0.25, 0.3) is 0 Å². The summed E-state index contributed by atoms with van der Waals surface area (Å²) in [5.74, 6) is 1.32. The summed E-state index contributed by atoms with van der Waals surface area (Å²) in [7, 11) is 4.14. The molecule has 0 bridgehead atoms. The molecule has 0 radical (unpaired) electrons. The van der Waals surface area contributed by atoms with E-state index in [9.17, 15) is 0 Å². The second kappa shape index (κ2) is 8.63. The molecule has 5 rings (SSSR count). The summed E-state index contributed by atoms with van der Waals surface area (Å²) in [6, 6.07) is 8.38. The van der Waals surface area contributed by atoms with E-state index in [2.05, 4.69) is 69.6 Å². The van der Waals surface area contributed by atoms with Crippen LogP contribution in [0.4, 0.5) is 23.0 Å². The van der Waals surface area contributed by atoms with E-state index in [-0.39, 0.29) is 0 Å². The normalized spacial score (nSPS) is 14.9. The molecule has 2 aliphatic rings. The van der Waals surface area contributed by atoms with Crippen molar-refractivity contribution in [3.8, 4) is 5.88 Å². The standard InChI is InChI=1S/C24H29N7O/c1-16-21(13-26-23-22(16)25-8-10-32-23)31-9-7-18-12-27-24(29-20(18)15-31)28-19-6-4-5-17(11-19)14-30(2)3/h4-6,11-13,25H,7-10,14-15H2,1-3H3,(H,27,28,29). The third-order valence-corrected chi connectivity index (χ3v) is 5.89. The third kappa shape index (κ3) is 4.18. The Kier molecular flexibility index (Phi) is 5.53. The maximum absolute atomic E-state index is 5.68. The molecule has 3 aromatic rings. The van der Waals surface area contributed by atoms with Crippen molar-refractivity contribution in [3.05, 3.63) is 59.0 Å². The van der Waals surface area contributed by atoms with Crippen LogP contribution in [0, 0.1) is 6.92 Å². The number of anilines is 4. The van der Waals surface area contributed by atoms with Gasteiger partial charge in [-0.25, -0.2) is 15.0 Å². The van der Waals surface area contributed by atoms with Crippen LogP contribution < -0.4 is 20.3 Å². The number of ether oxygens (including phenoxy) is 1. The molecule has 0 unspecified atom stereocenters. The van der Waals surface area contributed by atoms with E-state index in [1.807, 2.05) is 18.5 Å². The molecule has 0 atom stereocenters. The van der Waals surface area contributed by atoms with Crippen molar-refractivity contribution in [2.75, 3.05) is 49.3 Å². The first-order valence-electron chi connectivity index (χ1n) is 11.0. The first-order chi connectivity index (χ1) is 15.6. The van der Waals surface area contributed by atoms with Crippen LogP contribution in [0.3, 0.4) is 0 Å². The quantitative estimate of drug-likeness (QED) is 0.637. The summed E-state index contributed by atoms with van der Waals surface area (Å²) >= 11 is 0. The lowest BCUT2D eigenvalue weighted by molar-refractivity contribution is 0.310. The summed E-state index contributed by atoms with van der Waals surface area (Å²) < 4.78 is 5.68. The molecule has 0 saturated heterocycles. The molecule has 2 aromatic heterocycles. The van der Waals surface area contributed by atoms with Gasteiger partial charge >= 0.3 is 0 Å². The van der Waals surface area contributed by atoms with Gasteiger partial charge in [-0.15, -0.1) is 0 Å². The number of pyridine rings is 1. The van der Waals surface area contributed by atoms with Gasteiger partial charge in [-0.05, 0) is 50.7 Å². The summed E-state index contributed by atoms with van der Waals surface area (Å²) in [5, 5.41) is 6.81. The Morgan fingerprint density at radius 2 is 2.12 bits per heavy atom. The summed E-state index contributed by atoms with van der Waals surface area (Å²) in [6.45, 7) is 6.12. The van der Waals surface area contributed by atoms with Crippen molar-refractivity contribution < 1.29 is 4.74 Å². The molecule has 0 spiro atoms. The van der Waals surface area contributed by atoms with Crippen molar-refractivity contribution in [2.45, 2.75) is 26.4 Å². The van der Waals surface area contributed by atoms with E-state index in [0.29, 0.717) is 18.4 Å². The number of rotatable bonds is 5. The fourth-order valence-electron chi connectivity index (χ4n) is 4.34. The molecule has 0 saturated carbocycles. The lowest BCUT2D eigenvalue weighted by Crippen LogP contribution is -2.32. The van der Waals surface area contributed by atoms with Gasteiger partial charge in [0, 0.05) is 37.1 Å². The third-order valence-electron chi connectivity index (χ3n) is 5.89. The minimum absolute atomic E-state index is 0.628. The summed E-state index contributed by atoms with van der Waals surface area (Å²) in [6.07, 6.45) is 4.79. The van der Waals surface area contributed by atoms with E-state index in [1.165, 1.54) is 16.7 Å². The molecule has 2 aliphatic heterocycles. The molecule has 0 aliphatic carbocycles. The number of hydrogen-bond donors (Lipinski definition) is 2. The van der Waals surface area contributed by atoms with Gasteiger partial charge in [0.1, 0.15) is 12.3 Å². The average molecular weight is 432 g/mol. The maximum atomic E-state index is 5.68. The molecule has 8 nitrogen and oxygen atoms in total. The van der Waals surface area contributed by atoms with Crippen LogP contribution in [0.5, 0.6) is 5.88 Å². The molecule has 2 N–H and O–H groups in total. The number of hydrogen-bond acceptors (Lipinski definition) is 8. The van der Waals surface area contributed by atoms with Crippen molar-refractivity contribution in [2.24, 2.45) is 0 Å². The second-order valence-corrected chi connectivity index (χ2v) is 8.62. The molecule has 32 heavy (non-hydrogen) atoms. The van der Waals surface area contributed by atoms with Gasteiger partial charge in [0.2, 0.25) is 11.8 Å². The zero-order chi connectivity index (χ0) is 22.1. The number of fused-ring (bicyclic) bond motifs is 2. The molecule has 4 heterocycles. The first-order valence-corrected chi connectivity index (χ1v) is 11.0. The Balaban J connectivity index is 1.36. The highest BCUT2D eigenvalue weighted by Crippen LogP contribution is 2.36. The van der Waals surface area contributed by atoms with Crippen LogP contribution in [0.15, 0.2) is 36.7 Å². The number of aromatic nitrogens is 3. The van der Waals surface area contributed by atoms with Crippen molar-refractivity contribution >= 4 is 23.0 Å². The predicted molar refractivity (Wildman–Crippen MR) is 127 cm³/mol. The van der Waals surface area contributed by atoms with Crippen LogP contribution in [-0.4, -0.2) is 53.6 Å². The molecular weight excluding hydrogens is 402 g/mol. The van der Waals surface area contributed by atoms with Crippen molar-refractivity contribution in [1.29, 1.82) is 0 Å². The van der Waals surface area contributed by atoms with Gasteiger partial charge in [-0.1, -0.05) is 12.1 Å². The maximum Gasteiger partial charge on any atom is 0.237 e. The van der Waals surface area contributed by atoms with Gasteiger partial charge in [-0.3, -0.25) is 0 Å². The highest BCUT2D eigenvalue weighted by atomic mass is 16.5. The monoisotopic (exact) mass is 431 g/mol. The molecule has 8 heteroatoms. The topological polar surface area (TPSA) is 78.4 Å². The fourth-order valence-corrected chi connectivity index (χ4v) is 4.34. The predicted octanol–water partition coefficient (Wildman–Crippen LogP) is 3.35. The fraction of sp³-hybridized carbons (Fsp3) is 0.375. The zero-order valence-corrected chi connectivity index (χ0v) is 18.9. The number of nitrogens with zero attached hydrogens (tertiary/aromatic N) is 5. The van der Waals surface area contributed by atoms with Gasteiger partial charge in [0.15, 0.2) is 0 Å². The van der Waals surface area contributed by atoms with Gasteiger partial charge in [0.05, 0.1) is 24.1 Å². The molecule has 0 amide bonds. The van der Waals surface area contributed by atoms with Crippen LogP contribution in [-0.2, 0) is 19.5 Å². The van der Waals surface area contributed by atoms with Crippen molar-refractivity contribution in [3.63, 3.8) is 0 Å².